The Labute approximate surface area is 231 Å². The Hall–Kier alpha value is -3.15. The van der Waals surface area contributed by atoms with E-state index in [0.717, 1.165) is 0 Å². The molecule has 0 unspecified atom stereocenters. The molecule has 10 atom stereocenters. The molecular formula is C27H31O14+. The minimum Gasteiger partial charge on any atom is -0.508 e. The number of fused-ring (bicyclic) bond motifs is 1. The molecule has 3 heterocycles. The van der Waals surface area contributed by atoms with E-state index in [1.165, 1.54) is 36.4 Å². The van der Waals surface area contributed by atoms with Gasteiger partial charge < -0.3 is 65.6 Å². The summed E-state index contributed by atoms with van der Waals surface area (Å²) in [6.45, 7) is -1.57. The maximum absolute atomic E-state index is 11.6. The van der Waals surface area contributed by atoms with Crippen LogP contribution in [0.4, 0.5) is 0 Å². The zero-order valence-corrected chi connectivity index (χ0v) is 21.3. The van der Waals surface area contributed by atoms with Gasteiger partial charge in [-0.05, 0) is 30.3 Å². The topological polar surface area (TPSA) is 252 Å². The Balaban J connectivity index is 1.77. The number of rotatable bonds is 5. The van der Waals surface area contributed by atoms with Gasteiger partial charge in [-0.25, -0.2) is 4.42 Å². The molecule has 14 heteroatoms. The van der Waals surface area contributed by atoms with Crippen LogP contribution < -0.4 is 0 Å². The van der Waals surface area contributed by atoms with Gasteiger partial charge in [0.25, 0.3) is 0 Å². The third-order valence-electron chi connectivity index (χ3n) is 7.63. The summed E-state index contributed by atoms with van der Waals surface area (Å²) < 4.78 is 17.3. The van der Waals surface area contributed by atoms with Crippen molar-refractivity contribution >= 4 is 11.0 Å². The van der Waals surface area contributed by atoms with Crippen molar-refractivity contribution in [3.63, 3.8) is 0 Å². The first-order valence-electron chi connectivity index (χ1n) is 12.7. The fourth-order valence-electron chi connectivity index (χ4n) is 5.32. The smallest absolute Gasteiger partial charge is 0.374 e. The second-order valence-corrected chi connectivity index (χ2v) is 10.1. The number of phenols is 3. The highest BCUT2D eigenvalue weighted by molar-refractivity contribution is 5.92. The number of hydrogen-bond acceptors (Lipinski definition) is 13. The van der Waals surface area contributed by atoms with E-state index < -0.39 is 91.3 Å². The van der Waals surface area contributed by atoms with Crippen molar-refractivity contribution in [2.75, 3.05) is 13.2 Å². The lowest BCUT2D eigenvalue weighted by Crippen LogP contribution is -2.55. The highest BCUT2D eigenvalue weighted by Gasteiger charge is 2.51. The Kier molecular flexibility index (Phi) is 8.06. The molecule has 0 amide bonds. The van der Waals surface area contributed by atoms with Crippen molar-refractivity contribution < 1.29 is 70.1 Å². The monoisotopic (exact) mass is 579 g/mol. The fraction of sp³-hybridized carbons (Fsp3) is 0.444. The van der Waals surface area contributed by atoms with Gasteiger partial charge in [0.2, 0.25) is 0 Å². The number of ether oxygens (including phenoxy) is 2. The van der Waals surface area contributed by atoms with E-state index in [1.807, 2.05) is 0 Å². The summed E-state index contributed by atoms with van der Waals surface area (Å²) in [5.41, 5.74) is -0.694. The first kappa shape index (κ1) is 29.3. The molecule has 14 nitrogen and oxygen atoms in total. The first-order valence-corrected chi connectivity index (χ1v) is 12.7. The number of aliphatic hydroxyl groups is 8. The van der Waals surface area contributed by atoms with Gasteiger partial charge >= 0.3 is 11.3 Å². The van der Waals surface area contributed by atoms with Crippen LogP contribution in [-0.4, -0.2) is 118 Å². The van der Waals surface area contributed by atoms with E-state index >= 15 is 0 Å². The van der Waals surface area contributed by atoms with Crippen molar-refractivity contribution in [2.45, 2.75) is 61.0 Å². The first-order chi connectivity index (χ1) is 19.5. The van der Waals surface area contributed by atoms with E-state index in [0.29, 0.717) is 5.56 Å². The van der Waals surface area contributed by atoms with Crippen molar-refractivity contribution in [3.05, 3.63) is 47.5 Å². The van der Waals surface area contributed by atoms with E-state index in [2.05, 4.69) is 0 Å². The Morgan fingerprint density at radius 2 is 1.10 bits per heavy atom. The molecule has 222 valence electrons. The van der Waals surface area contributed by atoms with Crippen LogP contribution in [-0.2, 0) is 9.47 Å². The van der Waals surface area contributed by atoms with Gasteiger partial charge in [-0.3, -0.25) is 0 Å². The van der Waals surface area contributed by atoms with Crippen LogP contribution >= 0.6 is 0 Å². The number of aromatic hydroxyl groups is 3. The molecule has 2 aliphatic rings. The molecule has 0 radical (unpaired) electrons. The lowest BCUT2D eigenvalue weighted by Gasteiger charge is -2.41. The van der Waals surface area contributed by atoms with Gasteiger partial charge in [-0.1, -0.05) is 0 Å². The fourth-order valence-corrected chi connectivity index (χ4v) is 5.32. The molecule has 2 aliphatic heterocycles. The van der Waals surface area contributed by atoms with Gasteiger partial charge in [0.05, 0.1) is 24.3 Å². The predicted molar refractivity (Wildman–Crippen MR) is 136 cm³/mol. The highest BCUT2D eigenvalue weighted by atomic mass is 16.6. The molecule has 2 aromatic carbocycles. The molecule has 0 saturated carbocycles. The van der Waals surface area contributed by atoms with Crippen molar-refractivity contribution in [3.8, 4) is 28.6 Å². The largest absolute Gasteiger partial charge is 0.508 e. The number of hydrogen-bond donors (Lipinski definition) is 11. The molecule has 0 aliphatic carbocycles. The van der Waals surface area contributed by atoms with E-state index in [9.17, 15) is 56.2 Å². The molecule has 2 saturated heterocycles. The molecule has 1 aromatic heterocycles. The average molecular weight is 580 g/mol. The molecule has 41 heavy (non-hydrogen) atoms. The van der Waals surface area contributed by atoms with Crippen LogP contribution in [0, 0.1) is 0 Å². The number of phenolic OH excluding ortho intramolecular Hbond substituents is 3. The number of aliphatic hydroxyl groups excluding tert-OH is 8. The SMILES string of the molecule is OC[C@H]1O[C@@H](c2c(O)c([C@@H]3O[C@H](CO)[C@@H](O)[C@H](O)[C@H]3O)c3[o+]c(-c4ccc(O)cc4)ccc3c2O)[C@H](O)[C@@H](O)[C@@H]1O. The summed E-state index contributed by atoms with van der Waals surface area (Å²) in [4.78, 5) is 0. The normalized spacial score (nSPS) is 34.1. The van der Waals surface area contributed by atoms with Crippen molar-refractivity contribution in [1.82, 2.24) is 0 Å². The van der Waals surface area contributed by atoms with Crippen LogP contribution in [0.25, 0.3) is 22.3 Å². The van der Waals surface area contributed by atoms with Crippen LogP contribution in [0.1, 0.15) is 23.3 Å². The Morgan fingerprint density at radius 1 is 0.585 bits per heavy atom. The second-order valence-electron chi connectivity index (χ2n) is 10.1. The van der Waals surface area contributed by atoms with Gasteiger partial charge in [0.1, 0.15) is 89.2 Å². The lowest BCUT2D eigenvalue weighted by molar-refractivity contribution is -0.234. The zero-order valence-electron chi connectivity index (χ0n) is 21.3. The number of benzene rings is 2. The summed E-state index contributed by atoms with van der Waals surface area (Å²) in [7, 11) is 0. The van der Waals surface area contributed by atoms with Crippen LogP contribution in [0.3, 0.4) is 0 Å². The zero-order chi connectivity index (χ0) is 29.7. The van der Waals surface area contributed by atoms with Crippen LogP contribution in [0.15, 0.2) is 40.8 Å². The maximum atomic E-state index is 11.6. The van der Waals surface area contributed by atoms with Gasteiger partial charge in [0.15, 0.2) is 0 Å². The Morgan fingerprint density at radius 3 is 1.61 bits per heavy atom. The average Bonchev–Trinajstić information content (AvgIpc) is 2.97. The summed E-state index contributed by atoms with van der Waals surface area (Å²) >= 11 is 0. The molecule has 2 fully saturated rings. The van der Waals surface area contributed by atoms with Gasteiger partial charge in [-0.2, -0.15) is 0 Å². The summed E-state index contributed by atoms with van der Waals surface area (Å²) in [6, 6.07) is 8.65. The minimum atomic E-state index is -1.92. The quantitative estimate of drug-likeness (QED) is 0.154. The third-order valence-corrected chi connectivity index (χ3v) is 7.63. The summed E-state index contributed by atoms with van der Waals surface area (Å²) in [6.07, 6.45) is -17.2. The Bertz CT molecular complexity index is 1390. The molecule has 11 N–H and O–H groups in total. The van der Waals surface area contributed by atoms with Gasteiger partial charge in [0, 0.05) is 6.07 Å². The second kappa shape index (κ2) is 11.3. The van der Waals surface area contributed by atoms with Crippen LogP contribution in [0.5, 0.6) is 17.2 Å². The summed E-state index contributed by atoms with van der Waals surface area (Å²) in [5.74, 6) is -1.40. The standard InChI is InChI=1S/C27H30O14/c28-7-13-18(32)21(35)23(37)26(40-13)15-17(31)11-5-6-12(9-1-3-10(30)4-2-9)39-25(11)16(20(15)34)27-24(38)22(36)19(33)14(8-29)41-27/h1-6,13-14,18-19,21-24,26-29,32-33,35-38H,7-8H2,(H2-,30,31,34)/p+1/t13-,14-,18-,19-,21+,22+,23-,24-,26+,27+/m1/s1. The molecular weight excluding hydrogens is 548 g/mol. The predicted octanol–water partition coefficient (Wildman–Crippen LogP) is -1.47. The summed E-state index contributed by atoms with van der Waals surface area (Å²) in [5, 5.41) is 115. The van der Waals surface area contributed by atoms with Crippen molar-refractivity contribution in [1.29, 1.82) is 0 Å². The molecule has 3 aromatic rings. The van der Waals surface area contributed by atoms with E-state index in [4.69, 9.17) is 13.9 Å². The minimum absolute atomic E-state index is 0.0176. The van der Waals surface area contributed by atoms with Gasteiger partial charge in [-0.15, -0.1) is 0 Å². The molecule has 0 spiro atoms. The highest BCUT2D eigenvalue weighted by Crippen LogP contribution is 2.51. The van der Waals surface area contributed by atoms with Crippen LogP contribution in [0.2, 0.25) is 0 Å². The maximum Gasteiger partial charge on any atom is 0.374 e. The van der Waals surface area contributed by atoms with E-state index in [1.54, 1.807) is 0 Å². The third kappa shape index (κ3) is 4.87. The molecule has 5 rings (SSSR count). The van der Waals surface area contributed by atoms with Crippen molar-refractivity contribution in [2.24, 2.45) is 0 Å². The lowest BCUT2D eigenvalue weighted by atomic mass is 9.85. The molecule has 0 bridgehead atoms. The van der Waals surface area contributed by atoms with E-state index in [-0.39, 0.29) is 28.0 Å².